The first-order valence-electron chi connectivity index (χ1n) is 4.02. The van der Waals surface area contributed by atoms with Crippen LogP contribution < -0.4 is 0 Å². The summed E-state index contributed by atoms with van der Waals surface area (Å²) in [4.78, 5) is 4.42. The summed E-state index contributed by atoms with van der Waals surface area (Å²) in [6.07, 6.45) is 0. The Labute approximate surface area is 107 Å². The van der Waals surface area contributed by atoms with Gasteiger partial charge in [-0.25, -0.2) is 4.98 Å². The molecule has 0 saturated carbocycles. The van der Waals surface area contributed by atoms with E-state index in [1.807, 2.05) is 18.2 Å². The van der Waals surface area contributed by atoms with E-state index in [1.165, 1.54) is 5.39 Å². The summed E-state index contributed by atoms with van der Waals surface area (Å²) in [6, 6.07) is 10.2. The van der Waals surface area contributed by atoms with Crippen LogP contribution in [0.15, 0.2) is 34.9 Å². The van der Waals surface area contributed by atoms with Crippen molar-refractivity contribution in [3.8, 4) is 0 Å². The third kappa shape index (κ3) is 2.02. The van der Waals surface area contributed by atoms with Crippen molar-refractivity contribution in [2.24, 2.45) is 0 Å². The predicted octanol–water partition coefficient (Wildman–Crippen LogP) is 4.79. The Balaban J connectivity index is 2.80. The molecule has 4 heteroatoms. The first kappa shape index (κ1) is 10.6. The first-order chi connectivity index (χ1) is 6.68. The summed E-state index contributed by atoms with van der Waals surface area (Å²) in [6.45, 7) is 0. The Kier molecular flexibility index (Phi) is 3.24. The molecule has 0 amide bonds. The number of nitrogens with zero attached hydrogens (tertiary/aromatic N) is 1. The van der Waals surface area contributed by atoms with E-state index in [9.17, 15) is 0 Å². The highest BCUT2D eigenvalue weighted by molar-refractivity contribution is 9.24. The molecular weight excluding hydrogens is 374 g/mol. The maximum Gasteiger partial charge on any atom is 0.112 e. The van der Waals surface area contributed by atoms with E-state index < -0.39 is 0 Å². The fourth-order valence-electron chi connectivity index (χ4n) is 1.36. The van der Waals surface area contributed by atoms with Crippen LogP contribution >= 0.6 is 47.8 Å². The maximum atomic E-state index is 4.42. The lowest BCUT2D eigenvalue weighted by Gasteiger charge is -2.07. The standard InChI is InChI=1S/C10H6Br3N/c11-8-5-6-3-1-2-4-7(6)9(14-8)10(12)13/h1-5,10H. The van der Waals surface area contributed by atoms with Gasteiger partial charge in [-0.1, -0.05) is 56.1 Å². The topological polar surface area (TPSA) is 12.9 Å². The molecule has 0 atom stereocenters. The van der Waals surface area contributed by atoms with Gasteiger partial charge in [0, 0.05) is 5.39 Å². The summed E-state index contributed by atoms with van der Waals surface area (Å²) < 4.78 is 0.938. The van der Waals surface area contributed by atoms with Crippen LogP contribution in [-0.2, 0) is 0 Å². The summed E-state index contributed by atoms with van der Waals surface area (Å²) in [5.74, 6) is 0. The van der Waals surface area contributed by atoms with E-state index in [0.717, 1.165) is 15.7 Å². The molecule has 0 spiro atoms. The number of benzene rings is 1. The fourth-order valence-corrected chi connectivity index (χ4v) is 2.49. The van der Waals surface area contributed by atoms with Gasteiger partial charge in [0.15, 0.2) is 0 Å². The molecule has 0 bridgehead atoms. The third-order valence-electron chi connectivity index (χ3n) is 1.95. The smallest absolute Gasteiger partial charge is 0.112 e. The summed E-state index contributed by atoms with van der Waals surface area (Å²) >= 11 is 10.3. The van der Waals surface area contributed by atoms with Gasteiger partial charge in [0.05, 0.1) is 5.69 Å². The number of fused-ring (bicyclic) bond motifs is 1. The minimum Gasteiger partial charge on any atom is -0.243 e. The molecule has 0 N–H and O–H groups in total. The lowest BCUT2D eigenvalue weighted by Crippen LogP contribution is -1.90. The number of aromatic nitrogens is 1. The van der Waals surface area contributed by atoms with Gasteiger partial charge in [0.2, 0.25) is 0 Å². The van der Waals surface area contributed by atoms with Crippen molar-refractivity contribution < 1.29 is 0 Å². The first-order valence-corrected chi connectivity index (χ1v) is 6.64. The Morgan fingerprint density at radius 2 is 1.86 bits per heavy atom. The lowest BCUT2D eigenvalue weighted by atomic mass is 10.1. The van der Waals surface area contributed by atoms with Crippen LogP contribution in [0.2, 0.25) is 0 Å². The third-order valence-corrected chi connectivity index (χ3v) is 3.22. The molecule has 0 aliphatic carbocycles. The van der Waals surface area contributed by atoms with Gasteiger partial charge in [-0.2, -0.15) is 0 Å². The molecule has 0 unspecified atom stereocenters. The predicted molar refractivity (Wildman–Crippen MR) is 70.0 cm³/mol. The van der Waals surface area contributed by atoms with Crippen LogP contribution in [0.3, 0.4) is 0 Å². The summed E-state index contributed by atoms with van der Waals surface area (Å²) in [5, 5.41) is 2.35. The normalized spacial score (nSPS) is 11.1. The van der Waals surface area contributed by atoms with Crippen LogP contribution in [0.25, 0.3) is 10.8 Å². The van der Waals surface area contributed by atoms with Crippen molar-refractivity contribution in [2.75, 3.05) is 0 Å². The fraction of sp³-hybridized carbons (Fsp3) is 0.100. The monoisotopic (exact) mass is 377 g/mol. The highest BCUT2D eigenvalue weighted by Gasteiger charge is 2.10. The van der Waals surface area contributed by atoms with Gasteiger partial charge < -0.3 is 0 Å². The number of alkyl halides is 2. The number of hydrogen-bond acceptors (Lipinski definition) is 1. The van der Waals surface area contributed by atoms with Crippen LogP contribution in [0.4, 0.5) is 0 Å². The molecule has 0 aliphatic heterocycles. The Morgan fingerprint density at radius 3 is 2.57 bits per heavy atom. The second-order valence-electron chi connectivity index (χ2n) is 2.85. The molecule has 0 aliphatic rings. The zero-order valence-corrected chi connectivity index (χ0v) is 11.8. The quantitative estimate of drug-likeness (QED) is 0.513. The molecular formula is C10H6Br3N. The van der Waals surface area contributed by atoms with Crippen molar-refractivity contribution in [1.82, 2.24) is 4.98 Å². The molecule has 72 valence electrons. The molecule has 14 heavy (non-hydrogen) atoms. The zero-order valence-electron chi connectivity index (χ0n) is 7.05. The van der Waals surface area contributed by atoms with Crippen LogP contribution in [0.1, 0.15) is 9.43 Å². The van der Waals surface area contributed by atoms with Crippen LogP contribution in [0, 0.1) is 0 Å². The molecule has 1 aromatic carbocycles. The van der Waals surface area contributed by atoms with Crippen molar-refractivity contribution in [3.05, 3.63) is 40.6 Å². The number of halogens is 3. The Morgan fingerprint density at radius 1 is 1.14 bits per heavy atom. The average Bonchev–Trinajstić information content (AvgIpc) is 2.16. The highest BCUT2D eigenvalue weighted by Crippen LogP contribution is 2.34. The Bertz CT molecular complexity index is 468. The number of hydrogen-bond donors (Lipinski definition) is 0. The molecule has 1 nitrogen and oxygen atoms in total. The van der Waals surface area contributed by atoms with Gasteiger partial charge in [0.25, 0.3) is 0 Å². The van der Waals surface area contributed by atoms with E-state index in [2.05, 4.69) is 64.9 Å². The Hall–Kier alpha value is 0.0700. The van der Waals surface area contributed by atoms with E-state index in [-0.39, 0.29) is 3.74 Å². The molecule has 0 fully saturated rings. The van der Waals surface area contributed by atoms with Gasteiger partial charge in [0.1, 0.15) is 8.34 Å². The lowest BCUT2D eigenvalue weighted by molar-refractivity contribution is 1.18. The highest BCUT2D eigenvalue weighted by atomic mass is 79.9. The van der Waals surface area contributed by atoms with Gasteiger partial charge in [-0.15, -0.1) is 0 Å². The number of pyridine rings is 1. The molecule has 2 rings (SSSR count). The molecule has 2 aromatic rings. The second-order valence-corrected chi connectivity index (χ2v) is 6.72. The maximum absolute atomic E-state index is 4.42. The van der Waals surface area contributed by atoms with Crippen molar-refractivity contribution in [2.45, 2.75) is 3.74 Å². The second kappa shape index (κ2) is 4.29. The van der Waals surface area contributed by atoms with Gasteiger partial charge in [-0.3, -0.25) is 0 Å². The molecule has 1 aromatic heterocycles. The van der Waals surface area contributed by atoms with Gasteiger partial charge >= 0.3 is 0 Å². The molecule has 0 radical (unpaired) electrons. The van der Waals surface area contributed by atoms with Crippen LogP contribution in [0.5, 0.6) is 0 Å². The summed E-state index contributed by atoms with van der Waals surface area (Å²) in [7, 11) is 0. The summed E-state index contributed by atoms with van der Waals surface area (Å²) in [5.41, 5.74) is 0.995. The van der Waals surface area contributed by atoms with E-state index in [4.69, 9.17) is 0 Å². The van der Waals surface area contributed by atoms with Crippen molar-refractivity contribution in [3.63, 3.8) is 0 Å². The average molecular weight is 380 g/mol. The largest absolute Gasteiger partial charge is 0.243 e. The van der Waals surface area contributed by atoms with Crippen LogP contribution in [-0.4, -0.2) is 4.98 Å². The van der Waals surface area contributed by atoms with E-state index >= 15 is 0 Å². The zero-order chi connectivity index (χ0) is 10.1. The molecule has 1 heterocycles. The number of rotatable bonds is 1. The minimum atomic E-state index is 0.0809. The van der Waals surface area contributed by atoms with Crippen molar-refractivity contribution >= 4 is 58.6 Å². The van der Waals surface area contributed by atoms with Gasteiger partial charge in [-0.05, 0) is 27.4 Å². The van der Waals surface area contributed by atoms with E-state index in [0.29, 0.717) is 0 Å². The minimum absolute atomic E-state index is 0.0809. The SMILES string of the molecule is Brc1cc2ccccc2c(C(Br)Br)n1. The molecule has 0 saturated heterocycles. The van der Waals surface area contributed by atoms with E-state index in [1.54, 1.807) is 0 Å². The van der Waals surface area contributed by atoms with Crippen molar-refractivity contribution in [1.29, 1.82) is 0 Å².